The van der Waals surface area contributed by atoms with Crippen LogP contribution in [0, 0.1) is 0 Å². The van der Waals surface area contributed by atoms with Gasteiger partial charge >= 0.3 is 6.03 Å². The summed E-state index contributed by atoms with van der Waals surface area (Å²) in [6, 6.07) is 6.86. The van der Waals surface area contributed by atoms with Crippen LogP contribution in [0.1, 0.15) is 36.3 Å². The van der Waals surface area contributed by atoms with E-state index in [0.29, 0.717) is 17.2 Å². The van der Waals surface area contributed by atoms with Crippen molar-refractivity contribution < 1.29 is 14.3 Å². The minimum absolute atomic E-state index is 0.152. The van der Waals surface area contributed by atoms with Gasteiger partial charge < -0.3 is 20.2 Å². The van der Waals surface area contributed by atoms with E-state index in [1.165, 1.54) is 11.3 Å². The maximum atomic E-state index is 12.0. The topological polar surface area (TPSA) is 87.4 Å². The van der Waals surface area contributed by atoms with E-state index in [0.717, 1.165) is 29.8 Å². The Morgan fingerprint density at radius 2 is 2.29 bits per heavy atom. The Bertz CT molecular complexity index is 855. The first-order valence-electron chi connectivity index (χ1n) is 7.84. The van der Waals surface area contributed by atoms with Crippen molar-refractivity contribution in [2.45, 2.75) is 24.9 Å². The van der Waals surface area contributed by atoms with Crippen LogP contribution in [0.3, 0.4) is 0 Å². The van der Waals surface area contributed by atoms with Crippen LogP contribution < -0.4 is 10.6 Å². The van der Waals surface area contributed by atoms with E-state index in [-0.39, 0.29) is 12.6 Å². The molecule has 24 heavy (non-hydrogen) atoms. The number of amides is 2. The lowest BCUT2D eigenvalue weighted by Gasteiger charge is -2.11. The summed E-state index contributed by atoms with van der Waals surface area (Å²) in [5, 5.41) is 19.1. The first kappa shape index (κ1) is 15.2. The lowest BCUT2D eigenvalue weighted by atomic mass is 10.2. The summed E-state index contributed by atoms with van der Waals surface area (Å²) in [4.78, 5) is 16.4. The van der Waals surface area contributed by atoms with Crippen LogP contribution in [0.2, 0.25) is 0 Å². The van der Waals surface area contributed by atoms with Crippen molar-refractivity contribution in [3.63, 3.8) is 0 Å². The van der Waals surface area contributed by atoms with Gasteiger partial charge in [0.15, 0.2) is 11.5 Å². The largest absolute Gasteiger partial charge is 0.440 e. The molecule has 2 aromatic heterocycles. The molecule has 0 saturated heterocycles. The molecule has 1 atom stereocenters. The maximum absolute atomic E-state index is 12.0. The molecule has 1 aliphatic rings. The average molecular weight is 343 g/mol. The molecule has 0 aliphatic heterocycles. The smallest absolute Gasteiger partial charge is 0.319 e. The number of aromatic nitrogens is 1. The molecule has 1 unspecified atom stereocenters. The zero-order valence-corrected chi connectivity index (χ0v) is 13.7. The van der Waals surface area contributed by atoms with Gasteiger partial charge in [-0.2, -0.15) is 11.3 Å². The summed E-state index contributed by atoms with van der Waals surface area (Å²) in [6.07, 6.45) is 1.56. The van der Waals surface area contributed by atoms with Gasteiger partial charge in [-0.15, -0.1) is 0 Å². The lowest BCUT2D eigenvalue weighted by Crippen LogP contribution is -2.32. The summed E-state index contributed by atoms with van der Waals surface area (Å²) in [6.45, 7) is 0.152. The molecule has 124 valence electrons. The minimum atomic E-state index is -0.708. The Kier molecular flexibility index (Phi) is 3.95. The van der Waals surface area contributed by atoms with Crippen molar-refractivity contribution in [3.8, 4) is 0 Å². The van der Waals surface area contributed by atoms with E-state index >= 15 is 0 Å². The van der Waals surface area contributed by atoms with Crippen molar-refractivity contribution in [2.24, 2.45) is 0 Å². The highest BCUT2D eigenvalue weighted by molar-refractivity contribution is 7.07. The molecular formula is C17H17N3O3S. The van der Waals surface area contributed by atoms with Crippen molar-refractivity contribution in [2.75, 3.05) is 11.9 Å². The number of carbonyl (C=O) groups is 1. The predicted octanol–water partition coefficient (Wildman–Crippen LogP) is 3.62. The molecule has 0 spiro atoms. The number of aliphatic hydroxyl groups excluding tert-OH is 1. The average Bonchev–Trinajstić information content (AvgIpc) is 3.11. The number of carbonyl (C=O) groups excluding carboxylic acids is 1. The quantitative estimate of drug-likeness (QED) is 0.660. The van der Waals surface area contributed by atoms with Gasteiger partial charge in [0.05, 0.1) is 6.10 Å². The lowest BCUT2D eigenvalue weighted by molar-refractivity contribution is 0.175. The van der Waals surface area contributed by atoms with E-state index in [2.05, 4.69) is 15.6 Å². The van der Waals surface area contributed by atoms with Gasteiger partial charge in [-0.3, -0.25) is 0 Å². The van der Waals surface area contributed by atoms with Crippen molar-refractivity contribution >= 4 is 34.2 Å². The van der Waals surface area contributed by atoms with E-state index in [1.807, 2.05) is 22.9 Å². The van der Waals surface area contributed by atoms with Crippen LogP contribution in [0.4, 0.5) is 10.5 Å². The number of thiophene rings is 1. The molecule has 1 aliphatic carbocycles. The number of rotatable bonds is 5. The number of urea groups is 1. The second-order valence-corrected chi connectivity index (χ2v) is 6.70. The molecule has 6 nitrogen and oxygen atoms in total. The highest BCUT2D eigenvalue weighted by atomic mass is 32.1. The van der Waals surface area contributed by atoms with Crippen LogP contribution in [0.5, 0.6) is 0 Å². The first-order valence-corrected chi connectivity index (χ1v) is 8.79. The Labute approximate surface area is 142 Å². The van der Waals surface area contributed by atoms with Gasteiger partial charge in [0.25, 0.3) is 0 Å². The third kappa shape index (κ3) is 3.27. The van der Waals surface area contributed by atoms with E-state index in [9.17, 15) is 9.90 Å². The molecule has 3 N–H and O–H groups in total. The van der Waals surface area contributed by atoms with E-state index in [1.54, 1.807) is 12.1 Å². The summed E-state index contributed by atoms with van der Waals surface area (Å²) in [5.41, 5.74) is 2.91. The molecule has 2 heterocycles. The number of nitrogens with one attached hydrogen (secondary N) is 2. The number of oxazole rings is 1. The van der Waals surface area contributed by atoms with Gasteiger partial charge in [0, 0.05) is 24.2 Å². The number of hydrogen-bond donors (Lipinski definition) is 3. The normalized spacial score (nSPS) is 15.4. The summed E-state index contributed by atoms with van der Waals surface area (Å²) in [5.74, 6) is 1.24. The number of fused-ring (bicyclic) bond motifs is 1. The molecular weight excluding hydrogens is 326 g/mol. The fourth-order valence-electron chi connectivity index (χ4n) is 2.47. The van der Waals surface area contributed by atoms with Crippen LogP contribution >= 0.6 is 11.3 Å². The van der Waals surface area contributed by atoms with Gasteiger partial charge in [-0.1, -0.05) is 0 Å². The third-order valence-electron chi connectivity index (χ3n) is 3.97. The van der Waals surface area contributed by atoms with Gasteiger partial charge in [-0.25, -0.2) is 9.78 Å². The Balaban J connectivity index is 1.37. The molecule has 0 radical (unpaired) electrons. The molecule has 3 aromatic rings. The summed E-state index contributed by atoms with van der Waals surface area (Å²) in [7, 11) is 0. The molecule has 7 heteroatoms. The van der Waals surface area contributed by atoms with Crippen LogP contribution in [-0.4, -0.2) is 22.7 Å². The molecule has 4 rings (SSSR count). The fourth-order valence-corrected chi connectivity index (χ4v) is 3.18. The molecule has 1 saturated carbocycles. The predicted molar refractivity (Wildman–Crippen MR) is 92.3 cm³/mol. The van der Waals surface area contributed by atoms with Crippen molar-refractivity contribution in [3.05, 3.63) is 46.5 Å². The van der Waals surface area contributed by atoms with Crippen LogP contribution in [0.15, 0.2) is 39.4 Å². The maximum Gasteiger partial charge on any atom is 0.319 e. The minimum Gasteiger partial charge on any atom is -0.440 e. The SMILES string of the molecule is O=C(NCC(O)c1ccsc1)Nc1ccc2nc(C3CC3)oc2c1. The first-order chi connectivity index (χ1) is 11.7. The Morgan fingerprint density at radius 3 is 3.04 bits per heavy atom. The highest BCUT2D eigenvalue weighted by Gasteiger charge is 2.28. The number of benzene rings is 1. The molecule has 1 aromatic carbocycles. The van der Waals surface area contributed by atoms with Gasteiger partial charge in [0.1, 0.15) is 5.52 Å². The van der Waals surface area contributed by atoms with Gasteiger partial charge in [-0.05, 0) is 47.4 Å². The summed E-state index contributed by atoms with van der Waals surface area (Å²) < 4.78 is 5.74. The van der Waals surface area contributed by atoms with Crippen molar-refractivity contribution in [1.29, 1.82) is 0 Å². The van der Waals surface area contributed by atoms with Crippen LogP contribution in [-0.2, 0) is 0 Å². The Hall–Kier alpha value is -2.38. The third-order valence-corrected chi connectivity index (χ3v) is 4.67. The van der Waals surface area contributed by atoms with Crippen LogP contribution in [0.25, 0.3) is 11.1 Å². The monoisotopic (exact) mass is 343 g/mol. The van der Waals surface area contributed by atoms with E-state index in [4.69, 9.17) is 4.42 Å². The fraction of sp³-hybridized carbons (Fsp3) is 0.294. The number of anilines is 1. The van der Waals surface area contributed by atoms with E-state index < -0.39 is 6.10 Å². The molecule has 2 amide bonds. The zero-order chi connectivity index (χ0) is 16.5. The number of aliphatic hydroxyl groups is 1. The second kappa shape index (κ2) is 6.26. The zero-order valence-electron chi connectivity index (χ0n) is 12.9. The van der Waals surface area contributed by atoms with Crippen molar-refractivity contribution in [1.82, 2.24) is 10.3 Å². The van der Waals surface area contributed by atoms with Gasteiger partial charge in [0.2, 0.25) is 0 Å². The summed E-state index contributed by atoms with van der Waals surface area (Å²) >= 11 is 1.51. The molecule has 1 fully saturated rings. The number of hydrogen-bond acceptors (Lipinski definition) is 5. The standard InChI is InChI=1S/C17H17N3O3S/c21-14(11-5-6-24-9-11)8-18-17(22)19-12-3-4-13-15(7-12)23-16(20-13)10-1-2-10/h3-7,9-10,14,21H,1-2,8H2,(H2,18,19,22). The molecule has 0 bridgehead atoms. The highest BCUT2D eigenvalue weighted by Crippen LogP contribution is 2.40. The number of nitrogens with zero attached hydrogens (tertiary/aromatic N) is 1. The second-order valence-electron chi connectivity index (χ2n) is 5.92. The Morgan fingerprint density at radius 1 is 1.42 bits per heavy atom.